The van der Waals surface area contributed by atoms with E-state index in [1.807, 2.05) is 7.05 Å². The zero-order valence-corrected chi connectivity index (χ0v) is 11.4. The van der Waals surface area contributed by atoms with E-state index >= 15 is 0 Å². The van der Waals surface area contributed by atoms with Gasteiger partial charge < -0.3 is 10.6 Å². The lowest BCUT2D eigenvalue weighted by molar-refractivity contribution is 0.372. The van der Waals surface area contributed by atoms with Gasteiger partial charge in [0.2, 0.25) is 0 Å². The van der Waals surface area contributed by atoms with Gasteiger partial charge >= 0.3 is 0 Å². The summed E-state index contributed by atoms with van der Waals surface area (Å²) >= 11 is 0. The van der Waals surface area contributed by atoms with E-state index < -0.39 is 0 Å². The van der Waals surface area contributed by atoms with Crippen molar-refractivity contribution in [1.82, 2.24) is 5.32 Å². The highest BCUT2D eigenvalue weighted by molar-refractivity contribution is 5.85. The topological polar surface area (TPSA) is 24.1 Å². The number of nitrogens with one attached hydrogen (secondary N) is 2. The smallest absolute Gasteiger partial charge is 0.0383 e. The molecule has 0 aromatic heterocycles. The van der Waals surface area contributed by atoms with Crippen molar-refractivity contribution in [3.63, 3.8) is 0 Å². The monoisotopic (exact) mass is 254 g/mol. The maximum Gasteiger partial charge on any atom is 0.0383 e. The Morgan fingerprint density at radius 3 is 2.53 bits per heavy atom. The van der Waals surface area contributed by atoms with Gasteiger partial charge in [-0.25, -0.2) is 0 Å². The van der Waals surface area contributed by atoms with Crippen LogP contribution in [0.2, 0.25) is 0 Å². The Bertz CT molecular complexity index is 322. The summed E-state index contributed by atoms with van der Waals surface area (Å²) in [7, 11) is 1.99. The van der Waals surface area contributed by atoms with Gasteiger partial charge in [0.25, 0.3) is 0 Å². The molecule has 2 N–H and O–H groups in total. The van der Waals surface area contributed by atoms with E-state index in [2.05, 4.69) is 34.9 Å². The molecule has 96 valence electrons. The average Bonchev–Trinajstić information content (AvgIpc) is 2.38. The number of halogens is 1. The summed E-state index contributed by atoms with van der Waals surface area (Å²) in [4.78, 5) is 0. The largest absolute Gasteiger partial charge is 0.388 e. The molecule has 0 spiro atoms. The van der Waals surface area contributed by atoms with E-state index in [1.54, 1.807) is 0 Å². The summed E-state index contributed by atoms with van der Waals surface area (Å²) in [5.41, 5.74) is 2.61. The van der Waals surface area contributed by atoms with Crippen molar-refractivity contribution in [2.24, 2.45) is 0 Å². The molecule has 0 amide bonds. The van der Waals surface area contributed by atoms with Crippen LogP contribution in [0.4, 0.5) is 5.69 Å². The van der Waals surface area contributed by atoms with Gasteiger partial charge in [-0.3, -0.25) is 0 Å². The molecule has 2 nitrogen and oxygen atoms in total. The molecule has 1 fully saturated rings. The molecule has 0 radical (unpaired) electrons. The Hall–Kier alpha value is -0.730. The Morgan fingerprint density at radius 1 is 1.12 bits per heavy atom. The number of hydrogen-bond acceptors (Lipinski definition) is 2. The van der Waals surface area contributed by atoms with E-state index in [1.165, 1.54) is 43.4 Å². The van der Waals surface area contributed by atoms with Crippen molar-refractivity contribution in [2.45, 2.75) is 44.7 Å². The zero-order valence-electron chi connectivity index (χ0n) is 10.5. The predicted molar refractivity (Wildman–Crippen MR) is 76.9 cm³/mol. The molecular weight excluding hydrogens is 232 g/mol. The van der Waals surface area contributed by atoms with Gasteiger partial charge in [-0.15, -0.1) is 12.4 Å². The fourth-order valence-electron chi connectivity index (χ4n) is 2.48. The summed E-state index contributed by atoms with van der Waals surface area (Å²) in [6.07, 6.45) is 6.91. The minimum absolute atomic E-state index is 0. The summed E-state index contributed by atoms with van der Waals surface area (Å²) in [5, 5.41) is 6.92. The Kier molecular flexibility index (Phi) is 6.38. The van der Waals surface area contributed by atoms with Crippen LogP contribution in [0.25, 0.3) is 0 Å². The van der Waals surface area contributed by atoms with Crippen LogP contribution < -0.4 is 10.6 Å². The van der Waals surface area contributed by atoms with Crippen LogP contribution in [-0.2, 0) is 6.54 Å². The van der Waals surface area contributed by atoms with Crippen LogP contribution in [0.3, 0.4) is 0 Å². The van der Waals surface area contributed by atoms with Crippen molar-refractivity contribution >= 4 is 18.1 Å². The standard InChI is InChI=1S/C14H22N2.ClH/c1-15-14-10-6-5-7-12(14)11-16-13-8-3-2-4-9-13;/h5-7,10,13,15-16H,2-4,8-9,11H2,1H3;1H. The van der Waals surface area contributed by atoms with Crippen LogP contribution in [-0.4, -0.2) is 13.1 Å². The van der Waals surface area contributed by atoms with E-state index in [0.717, 1.165) is 12.6 Å². The SMILES string of the molecule is CNc1ccccc1CNC1CCCCC1.Cl. The van der Waals surface area contributed by atoms with Crippen molar-refractivity contribution in [2.75, 3.05) is 12.4 Å². The number of para-hydroxylation sites is 1. The second-order valence-electron chi connectivity index (χ2n) is 4.62. The highest BCUT2D eigenvalue weighted by Crippen LogP contribution is 2.19. The van der Waals surface area contributed by atoms with Gasteiger partial charge in [0.15, 0.2) is 0 Å². The minimum atomic E-state index is 0. The molecule has 17 heavy (non-hydrogen) atoms. The zero-order chi connectivity index (χ0) is 11.2. The lowest BCUT2D eigenvalue weighted by Gasteiger charge is -2.23. The average molecular weight is 255 g/mol. The molecule has 0 bridgehead atoms. The summed E-state index contributed by atoms with van der Waals surface area (Å²) in [6.45, 7) is 0.988. The second-order valence-corrected chi connectivity index (χ2v) is 4.62. The molecule has 1 saturated carbocycles. The van der Waals surface area contributed by atoms with Crippen molar-refractivity contribution in [3.05, 3.63) is 29.8 Å². The third-order valence-electron chi connectivity index (χ3n) is 3.47. The molecule has 3 heteroatoms. The molecule has 0 atom stereocenters. The Morgan fingerprint density at radius 2 is 1.82 bits per heavy atom. The first kappa shape index (κ1) is 14.3. The summed E-state index contributed by atoms with van der Waals surface area (Å²) < 4.78 is 0. The van der Waals surface area contributed by atoms with E-state index in [-0.39, 0.29) is 12.4 Å². The molecule has 1 aromatic rings. The first-order chi connectivity index (χ1) is 7.90. The molecule has 0 unspecified atom stereocenters. The van der Waals surface area contributed by atoms with Gasteiger partial charge in [0.1, 0.15) is 0 Å². The van der Waals surface area contributed by atoms with E-state index in [0.29, 0.717) is 0 Å². The Balaban J connectivity index is 0.00000144. The highest BCUT2D eigenvalue weighted by atomic mass is 35.5. The van der Waals surface area contributed by atoms with Gasteiger partial charge in [-0.2, -0.15) is 0 Å². The number of hydrogen-bond donors (Lipinski definition) is 2. The van der Waals surface area contributed by atoms with Crippen molar-refractivity contribution in [3.8, 4) is 0 Å². The van der Waals surface area contributed by atoms with Crippen LogP contribution in [0.15, 0.2) is 24.3 Å². The van der Waals surface area contributed by atoms with E-state index in [4.69, 9.17) is 0 Å². The maximum absolute atomic E-state index is 3.67. The fraction of sp³-hybridized carbons (Fsp3) is 0.571. The third-order valence-corrected chi connectivity index (χ3v) is 3.47. The molecule has 0 aliphatic heterocycles. The van der Waals surface area contributed by atoms with Crippen molar-refractivity contribution < 1.29 is 0 Å². The van der Waals surface area contributed by atoms with Crippen LogP contribution >= 0.6 is 12.4 Å². The molecule has 0 saturated heterocycles. The summed E-state index contributed by atoms with van der Waals surface area (Å²) in [6, 6.07) is 9.26. The van der Waals surface area contributed by atoms with Crippen LogP contribution in [0.5, 0.6) is 0 Å². The Labute approximate surface area is 111 Å². The van der Waals surface area contributed by atoms with Crippen LogP contribution in [0, 0.1) is 0 Å². The first-order valence-electron chi connectivity index (χ1n) is 6.39. The molecule has 1 aromatic carbocycles. The third kappa shape index (κ3) is 4.21. The van der Waals surface area contributed by atoms with Gasteiger partial charge in [0, 0.05) is 25.3 Å². The van der Waals surface area contributed by atoms with Crippen LogP contribution in [0.1, 0.15) is 37.7 Å². The number of anilines is 1. The second kappa shape index (κ2) is 7.57. The normalized spacial score (nSPS) is 16.3. The highest BCUT2D eigenvalue weighted by Gasteiger charge is 2.12. The predicted octanol–water partition coefficient (Wildman–Crippen LogP) is 3.57. The fourth-order valence-corrected chi connectivity index (χ4v) is 2.48. The molecule has 1 aliphatic carbocycles. The lowest BCUT2D eigenvalue weighted by Crippen LogP contribution is -2.30. The van der Waals surface area contributed by atoms with Gasteiger partial charge in [0.05, 0.1) is 0 Å². The van der Waals surface area contributed by atoms with E-state index in [9.17, 15) is 0 Å². The summed E-state index contributed by atoms with van der Waals surface area (Å²) in [5.74, 6) is 0. The first-order valence-corrected chi connectivity index (χ1v) is 6.39. The minimum Gasteiger partial charge on any atom is -0.388 e. The molecule has 2 rings (SSSR count). The lowest BCUT2D eigenvalue weighted by atomic mass is 9.95. The van der Waals surface area contributed by atoms with Gasteiger partial charge in [-0.1, -0.05) is 37.5 Å². The molecule has 1 aliphatic rings. The quantitative estimate of drug-likeness (QED) is 0.858. The van der Waals surface area contributed by atoms with Gasteiger partial charge in [-0.05, 0) is 24.5 Å². The number of benzene rings is 1. The molecular formula is C14H23ClN2. The maximum atomic E-state index is 3.67. The van der Waals surface area contributed by atoms with Crippen molar-refractivity contribution in [1.29, 1.82) is 0 Å². The molecule has 0 heterocycles. The number of rotatable bonds is 4.